The number of ether oxygens (including phenoxy) is 3. The SMILES string of the molecule is NCC1O[C@@H](O[C@H]2C(CN)O[C@@H](O)[C@H](N)C2O)[C@H](N)C(O)[C@H]1O. The standard InChI is InChI=1S/C12H26N4O7/c13-1-3-7(17)8(18)6(16)12(22-3)23-10-4(2-14)21-11(20)5(15)9(10)19/h3-12,17-20H,1-2,13-16H2/t3?,4?,5-,6-,7+,8?,9?,10+,11-,12+/m1/s1. The van der Waals surface area contributed by atoms with Gasteiger partial charge in [-0.15, -0.1) is 0 Å². The fourth-order valence-corrected chi connectivity index (χ4v) is 2.74. The quantitative estimate of drug-likeness (QED) is 0.242. The van der Waals surface area contributed by atoms with Gasteiger partial charge in [-0.25, -0.2) is 0 Å². The van der Waals surface area contributed by atoms with Gasteiger partial charge in [0.15, 0.2) is 12.6 Å². The lowest BCUT2D eigenvalue weighted by Crippen LogP contribution is -2.68. The lowest BCUT2D eigenvalue weighted by Gasteiger charge is -2.46. The van der Waals surface area contributed by atoms with Gasteiger partial charge in [0.05, 0.1) is 12.1 Å². The molecular weight excluding hydrogens is 312 g/mol. The Morgan fingerprint density at radius 3 is 1.96 bits per heavy atom. The van der Waals surface area contributed by atoms with Crippen LogP contribution >= 0.6 is 0 Å². The molecular formula is C12H26N4O7. The molecule has 2 heterocycles. The van der Waals surface area contributed by atoms with E-state index in [4.69, 9.17) is 37.1 Å². The third kappa shape index (κ3) is 3.65. The summed E-state index contributed by atoms with van der Waals surface area (Å²) in [5.41, 5.74) is 22.5. The van der Waals surface area contributed by atoms with E-state index < -0.39 is 61.3 Å². The molecule has 11 heteroatoms. The Balaban J connectivity index is 2.11. The first-order valence-corrected chi connectivity index (χ1v) is 7.41. The first-order chi connectivity index (χ1) is 10.8. The van der Waals surface area contributed by atoms with E-state index in [0.29, 0.717) is 0 Å². The minimum atomic E-state index is -1.39. The van der Waals surface area contributed by atoms with Crippen molar-refractivity contribution in [3.05, 3.63) is 0 Å². The molecule has 23 heavy (non-hydrogen) atoms. The molecule has 2 aliphatic heterocycles. The van der Waals surface area contributed by atoms with Crippen LogP contribution in [-0.4, -0.2) is 94.8 Å². The first-order valence-electron chi connectivity index (χ1n) is 7.41. The van der Waals surface area contributed by atoms with Crippen molar-refractivity contribution in [2.24, 2.45) is 22.9 Å². The maximum Gasteiger partial charge on any atom is 0.176 e. The van der Waals surface area contributed by atoms with Gasteiger partial charge in [0.1, 0.15) is 36.6 Å². The van der Waals surface area contributed by atoms with E-state index in [9.17, 15) is 20.4 Å². The van der Waals surface area contributed by atoms with Crippen molar-refractivity contribution in [3.63, 3.8) is 0 Å². The van der Waals surface area contributed by atoms with E-state index >= 15 is 0 Å². The summed E-state index contributed by atoms with van der Waals surface area (Å²) in [6, 6.07) is -2.19. The molecule has 0 bridgehead atoms. The van der Waals surface area contributed by atoms with Crippen molar-refractivity contribution < 1.29 is 34.6 Å². The summed E-state index contributed by atoms with van der Waals surface area (Å²) in [7, 11) is 0. The number of rotatable bonds is 4. The van der Waals surface area contributed by atoms with Gasteiger partial charge < -0.3 is 57.6 Å². The number of aliphatic hydroxyl groups is 4. The van der Waals surface area contributed by atoms with Gasteiger partial charge in [0.2, 0.25) is 0 Å². The topological polar surface area (TPSA) is 213 Å². The van der Waals surface area contributed by atoms with Crippen LogP contribution in [0.15, 0.2) is 0 Å². The van der Waals surface area contributed by atoms with E-state index in [2.05, 4.69) is 0 Å². The van der Waals surface area contributed by atoms with Gasteiger partial charge in [-0.05, 0) is 0 Å². The largest absolute Gasteiger partial charge is 0.388 e. The predicted octanol–water partition coefficient (Wildman–Crippen LogP) is -5.53. The number of hydrogen-bond donors (Lipinski definition) is 8. The Morgan fingerprint density at radius 2 is 1.39 bits per heavy atom. The number of nitrogens with two attached hydrogens (primary N) is 4. The number of hydrogen-bond acceptors (Lipinski definition) is 11. The van der Waals surface area contributed by atoms with E-state index in [1.165, 1.54) is 0 Å². The summed E-state index contributed by atoms with van der Waals surface area (Å²) >= 11 is 0. The maximum atomic E-state index is 10.2. The van der Waals surface area contributed by atoms with E-state index in [-0.39, 0.29) is 13.1 Å². The molecule has 4 unspecified atom stereocenters. The monoisotopic (exact) mass is 338 g/mol. The normalized spacial score (nSPS) is 51.7. The van der Waals surface area contributed by atoms with Crippen LogP contribution in [0.2, 0.25) is 0 Å². The molecule has 0 saturated carbocycles. The smallest absolute Gasteiger partial charge is 0.176 e. The van der Waals surface area contributed by atoms with Crippen LogP contribution < -0.4 is 22.9 Å². The average molecular weight is 338 g/mol. The predicted molar refractivity (Wildman–Crippen MR) is 76.5 cm³/mol. The summed E-state index contributed by atoms with van der Waals surface area (Å²) in [4.78, 5) is 0. The van der Waals surface area contributed by atoms with Crippen molar-refractivity contribution in [2.75, 3.05) is 13.1 Å². The van der Waals surface area contributed by atoms with Gasteiger partial charge in [0, 0.05) is 13.1 Å². The molecule has 0 radical (unpaired) electrons. The van der Waals surface area contributed by atoms with Crippen LogP contribution in [-0.2, 0) is 14.2 Å². The van der Waals surface area contributed by atoms with Crippen LogP contribution in [0.3, 0.4) is 0 Å². The Labute approximate surface area is 133 Å². The highest BCUT2D eigenvalue weighted by Crippen LogP contribution is 2.26. The highest BCUT2D eigenvalue weighted by Gasteiger charge is 2.48. The van der Waals surface area contributed by atoms with Gasteiger partial charge in [0.25, 0.3) is 0 Å². The Morgan fingerprint density at radius 1 is 0.783 bits per heavy atom. The molecule has 0 aromatic heterocycles. The highest BCUT2D eigenvalue weighted by molar-refractivity contribution is 4.96. The summed E-state index contributed by atoms with van der Waals surface area (Å²) in [6.07, 6.45) is -9.18. The second-order valence-corrected chi connectivity index (χ2v) is 5.81. The summed E-state index contributed by atoms with van der Waals surface area (Å²) in [5, 5.41) is 39.6. The lowest BCUT2D eigenvalue weighted by molar-refractivity contribution is -0.316. The van der Waals surface area contributed by atoms with Gasteiger partial charge in [-0.1, -0.05) is 0 Å². The molecule has 0 aromatic rings. The summed E-state index contributed by atoms with van der Waals surface area (Å²) in [5.74, 6) is 0. The molecule has 0 aromatic carbocycles. The highest BCUT2D eigenvalue weighted by atomic mass is 16.7. The molecule has 2 rings (SSSR count). The van der Waals surface area contributed by atoms with Crippen LogP contribution in [0.4, 0.5) is 0 Å². The van der Waals surface area contributed by atoms with Gasteiger partial charge >= 0.3 is 0 Å². The lowest BCUT2D eigenvalue weighted by atomic mass is 9.95. The molecule has 2 fully saturated rings. The molecule has 0 amide bonds. The van der Waals surface area contributed by atoms with Crippen molar-refractivity contribution in [1.82, 2.24) is 0 Å². The zero-order valence-electron chi connectivity index (χ0n) is 12.5. The van der Waals surface area contributed by atoms with Crippen molar-refractivity contribution in [2.45, 2.75) is 61.3 Å². The molecule has 10 atom stereocenters. The number of aliphatic hydroxyl groups excluding tert-OH is 4. The maximum absolute atomic E-state index is 10.2. The zero-order valence-corrected chi connectivity index (χ0v) is 12.5. The average Bonchev–Trinajstić information content (AvgIpc) is 2.55. The fraction of sp³-hybridized carbons (Fsp3) is 1.00. The Bertz CT molecular complexity index is 388. The fourth-order valence-electron chi connectivity index (χ4n) is 2.74. The third-order valence-electron chi connectivity index (χ3n) is 4.25. The van der Waals surface area contributed by atoms with E-state index in [0.717, 1.165) is 0 Å². The third-order valence-corrected chi connectivity index (χ3v) is 4.25. The minimum Gasteiger partial charge on any atom is -0.388 e. The molecule has 2 saturated heterocycles. The summed E-state index contributed by atoms with van der Waals surface area (Å²) < 4.78 is 16.2. The van der Waals surface area contributed by atoms with Crippen molar-refractivity contribution >= 4 is 0 Å². The van der Waals surface area contributed by atoms with Crippen molar-refractivity contribution in [1.29, 1.82) is 0 Å². The van der Waals surface area contributed by atoms with Crippen LogP contribution in [0.5, 0.6) is 0 Å². The van der Waals surface area contributed by atoms with Crippen LogP contribution in [0.1, 0.15) is 0 Å². The molecule has 12 N–H and O–H groups in total. The first kappa shape index (κ1) is 18.9. The minimum absolute atomic E-state index is 0.0566. The molecule has 0 spiro atoms. The van der Waals surface area contributed by atoms with Gasteiger partial charge in [-0.2, -0.15) is 0 Å². The molecule has 136 valence electrons. The zero-order chi connectivity index (χ0) is 17.3. The Kier molecular flexibility index (Phi) is 6.27. The van der Waals surface area contributed by atoms with Crippen molar-refractivity contribution in [3.8, 4) is 0 Å². The van der Waals surface area contributed by atoms with Gasteiger partial charge in [-0.3, -0.25) is 0 Å². The molecule has 0 aliphatic carbocycles. The summed E-state index contributed by atoms with van der Waals surface area (Å²) in [6.45, 7) is -0.119. The second kappa shape index (κ2) is 7.63. The van der Waals surface area contributed by atoms with E-state index in [1.807, 2.05) is 0 Å². The van der Waals surface area contributed by atoms with Crippen LogP contribution in [0.25, 0.3) is 0 Å². The van der Waals surface area contributed by atoms with E-state index in [1.54, 1.807) is 0 Å². The van der Waals surface area contributed by atoms with Crippen LogP contribution in [0, 0.1) is 0 Å². The Hall–Kier alpha value is -0.440. The molecule has 11 nitrogen and oxygen atoms in total. The second-order valence-electron chi connectivity index (χ2n) is 5.81. The molecule has 2 aliphatic rings.